The second-order valence-electron chi connectivity index (χ2n) is 4.21. The van der Waals surface area contributed by atoms with Gasteiger partial charge in [-0.3, -0.25) is 4.79 Å². The summed E-state index contributed by atoms with van der Waals surface area (Å²) in [6.07, 6.45) is 2.28. The number of ether oxygens (including phenoxy) is 1. The van der Waals surface area contributed by atoms with Gasteiger partial charge in [0.2, 0.25) is 0 Å². The summed E-state index contributed by atoms with van der Waals surface area (Å²) >= 11 is 0. The Hall–Kier alpha value is -1.23. The van der Waals surface area contributed by atoms with Gasteiger partial charge in [-0.1, -0.05) is 13.8 Å². The molecule has 0 amide bonds. The van der Waals surface area contributed by atoms with Crippen molar-refractivity contribution in [1.29, 1.82) is 0 Å². The Morgan fingerprint density at radius 1 is 1.56 bits per heavy atom. The third-order valence-corrected chi connectivity index (χ3v) is 2.17. The number of hydrogen-bond donors (Lipinski definition) is 0. The predicted octanol–water partition coefficient (Wildman–Crippen LogP) is 1.08. The number of Topliss-reactive ketones (excluding diaryl/α,β-unsaturated/α-hetero) is 1. The highest BCUT2D eigenvalue weighted by atomic mass is 16.5. The number of carbonyl (C=O) groups is 1. The van der Waals surface area contributed by atoms with Crippen molar-refractivity contribution in [1.82, 2.24) is 14.8 Å². The fraction of sp³-hybridized carbons (Fsp3) is 0.727. The Morgan fingerprint density at radius 3 is 2.94 bits per heavy atom. The quantitative estimate of drug-likeness (QED) is 0.697. The fourth-order valence-electron chi connectivity index (χ4n) is 1.40. The lowest BCUT2D eigenvalue weighted by Crippen LogP contribution is -2.14. The van der Waals surface area contributed by atoms with Gasteiger partial charge in [0.05, 0.1) is 13.0 Å². The number of nitrogens with zero attached hydrogens (tertiary/aromatic N) is 3. The molecule has 0 aliphatic carbocycles. The van der Waals surface area contributed by atoms with Crippen LogP contribution in [-0.4, -0.2) is 34.3 Å². The van der Waals surface area contributed by atoms with Gasteiger partial charge in [0.25, 0.3) is 0 Å². The molecule has 0 unspecified atom stereocenters. The van der Waals surface area contributed by atoms with Gasteiger partial charge in [0.1, 0.15) is 17.9 Å². The second-order valence-corrected chi connectivity index (χ2v) is 4.21. The molecule has 0 fully saturated rings. The van der Waals surface area contributed by atoms with E-state index in [0.717, 1.165) is 12.4 Å². The lowest BCUT2D eigenvalue weighted by molar-refractivity contribution is -0.119. The van der Waals surface area contributed by atoms with E-state index in [0.29, 0.717) is 25.4 Å². The zero-order chi connectivity index (χ0) is 12.0. The van der Waals surface area contributed by atoms with Crippen LogP contribution in [0.15, 0.2) is 6.33 Å². The molecule has 0 aromatic carbocycles. The van der Waals surface area contributed by atoms with Crippen LogP contribution in [0.5, 0.6) is 0 Å². The molecule has 90 valence electrons. The normalized spacial score (nSPS) is 11.0. The third kappa shape index (κ3) is 4.10. The van der Waals surface area contributed by atoms with E-state index < -0.39 is 0 Å². The first kappa shape index (κ1) is 12.8. The molecule has 0 saturated heterocycles. The molecule has 0 atom stereocenters. The number of methoxy groups -OCH3 is 1. The number of rotatable bonds is 7. The van der Waals surface area contributed by atoms with Gasteiger partial charge in [-0.05, 0) is 5.92 Å². The van der Waals surface area contributed by atoms with E-state index in [1.165, 1.54) is 6.33 Å². The molecule has 0 bridgehead atoms. The SMILES string of the molecule is COCCC(=O)Cc1ncnn1CC(C)C. The topological polar surface area (TPSA) is 57.0 Å². The van der Waals surface area contributed by atoms with Gasteiger partial charge < -0.3 is 4.74 Å². The molecular formula is C11H19N3O2. The second kappa shape index (κ2) is 6.37. The Morgan fingerprint density at radius 2 is 2.31 bits per heavy atom. The summed E-state index contributed by atoms with van der Waals surface area (Å²) in [5, 5.41) is 4.11. The average Bonchev–Trinajstić information content (AvgIpc) is 2.62. The van der Waals surface area contributed by atoms with Gasteiger partial charge in [0.15, 0.2) is 0 Å². The minimum absolute atomic E-state index is 0.139. The van der Waals surface area contributed by atoms with Crippen LogP contribution in [0.2, 0.25) is 0 Å². The molecule has 1 heterocycles. The van der Waals surface area contributed by atoms with Crippen molar-refractivity contribution in [3.05, 3.63) is 12.2 Å². The largest absolute Gasteiger partial charge is 0.384 e. The minimum atomic E-state index is 0.139. The molecule has 0 saturated carbocycles. The zero-order valence-electron chi connectivity index (χ0n) is 10.1. The summed E-state index contributed by atoms with van der Waals surface area (Å²) in [6.45, 7) is 5.49. The average molecular weight is 225 g/mol. The Labute approximate surface area is 95.8 Å². The van der Waals surface area contributed by atoms with Gasteiger partial charge in [-0.15, -0.1) is 0 Å². The van der Waals surface area contributed by atoms with Crippen molar-refractivity contribution in [2.75, 3.05) is 13.7 Å². The molecule has 5 nitrogen and oxygen atoms in total. The smallest absolute Gasteiger partial charge is 0.142 e. The third-order valence-electron chi connectivity index (χ3n) is 2.17. The van der Waals surface area contributed by atoms with Crippen LogP contribution in [0.25, 0.3) is 0 Å². The van der Waals surface area contributed by atoms with Crippen molar-refractivity contribution in [3.8, 4) is 0 Å². The van der Waals surface area contributed by atoms with E-state index in [4.69, 9.17) is 4.74 Å². The summed E-state index contributed by atoms with van der Waals surface area (Å²) in [4.78, 5) is 15.7. The van der Waals surface area contributed by atoms with Crippen LogP contribution in [0.4, 0.5) is 0 Å². The van der Waals surface area contributed by atoms with E-state index in [1.807, 2.05) is 0 Å². The molecule has 0 aliphatic rings. The molecule has 0 aliphatic heterocycles. The number of hydrogen-bond acceptors (Lipinski definition) is 4. The van der Waals surface area contributed by atoms with Gasteiger partial charge in [-0.25, -0.2) is 9.67 Å². The monoisotopic (exact) mass is 225 g/mol. The van der Waals surface area contributed by atoms with E-state index in [2.05, 4.69) is 23.9 Å². The number of aromatic nitrogens is 3. The Kier molecular flexibility index (Phi) is 5.11. The molecule has 0 N–H and O–H groups in total. The standard InChI is InChI=1S/C11H19N3O2/c1-9(2)7-14-11(12-8-13-14)6-10(15)4-5-16-3/h8-9H,4-7H2,1-3H3. The molecule has 1 aromatic rings. The van der Waals surface area contributed by atoms with Crippen molar-refractivity contribution in [3.63, 3.8) is 0 Å². The predicted molar refractivity (Wildman–Crippen MR) is 60.1 cm³/mol. The molecule has 1 aromatic heterocycles. The van der Waals surface area contributed by atoms with E-state index in [-0.39, 0.29) is 5.78 Å². The van der Waals surface area contributed by atoms with Crippen LogP contribution in [0.3, 0.4) is 0 Å². The summed E-state index contributed by atoms with van der Waals surface area (Å²) in [5.41, 5.74) is 0. The summed E-state index contributed by atoms with van der Waals surface area (Å²) < 4.78 is 6.66. The summed E-state index contributed by atoms with van der Waals surface area (Å²) in [5.74, 6) is 1.38. The molecule has 0 spiro atoms. The molecule has 16 heavy (non-hydrogen) atoms. The van der Waals surface area contributed by atoms with Crippen molar-refractivity contribution in [2.24, 2.45) is 5.92 Å². The highest BCUT2D eigenvalue weighted by Crippen LogP contribution is 2.03. The minimum Gasteiger partial charge on any atom is -0.384 e. The van der Waals surface area contributed by atoms with Crippen LogP contribution in [0.1, 0.15) is 26.1 Å². The maximum Gasteiger partial charge on any atom is 0.142 e. The first-order valence-electron chi connectivity index (χ1n) is 5.50. The Balaban J connectivity index is 2.52. The first-order valence-corrected chi connectivity index (χ1v) is 5.50. The number of carbonyl (C=O) groups excluding carboxylic acids is 1. The van der Waals surface area contributed by atoms with Crippen LogP contribution >= 0.6 is 0 Å². The molecule has 1 rings (SSSR count). The highest BCUT2D eigenvalue weighted by molar-refractivity contribution is 5.80. The summed E-state index contributed by atoms with van der Waals surface area (Å²) in [6, 6.07) is 0. The summed E-state index contributed by atoms with van der Waals surface area (Å²) in [7, 11) is 1.59. The maximum absolute atomic E-state index is 11.5. The zero-order valence-corrected chi connectivity index (χ0v) is 10.1. The van der Waals surface area contributed by atoms with Crippen LogP contribution < -0.4 is 0 Å². The Bertz CT molecular complexity index is 334. The first-order chi connectivity index (χ1) is 7.63. The van der Waals surface area contributed by atoms with Crippen molar-refractivity contribution in [2.45, 2.75) is 33.2 Å². The number of ketones is 1. The van der Waals surface area contributed by atoms with Crippen LogP contribution in [-0.2, 0) is 22.5 Å². The molecule has 0 radical (unpaired) electrons. The molecular weight excluding hydrogens is 206 g/mol. The lowest BCUT2D eigenvalue weighted by Gasteiger charge is -2.07. The van der Waals surface area contributed by atoms with E-state index in [9.17, 15) is 4.79 Å². The van der Waals surface area contributed by atoms with Crippen molar-refractivity contribution < 1.29 is 9.53 Å². The van der Waals surface area contributed by atoms with E-state index in [1.54, 1.807) is 11.8 Å². The van der Waals surface area contributed by atoms with Crippen LogP contribution in [0, 0.1) is 5.92 Å². The van der Waals surface area contributed by atoms with Gasteiger partial charge in [-0.2, -0.15) is 5.10 Å². The highest BCUT2D eigenvalue weighted by Gasteiger charge is 2.10. The molecule has 5 heteroatoms. The van der Waals surface area contributed by atoms with E-state index >= 15 is 0 Å². The lowest BCUT2D eigenvalue weighted by atomic mass is 10.2. The van der Waals surface area contributed by atoms with Crippen molar-refractivity contribution >= 4 is 5.78 Å². The maximum atomic E-state index is 11.5. The van der Waals surface area contributed by atoms with Gasteiger partial charge in [0, 0.05) is 20.1 Å². The fourth-order valence-corrected chi connectivity index (χ4v) is 1.40. The van der Waals surface area contributed by atoms with Gasteiger partial charge >= 0.3 is 0 Å².